The quantitative estimate of drug-likeness (QED) is 0.831. The highest BCUT2D eigenvalue weighted by atomic mass is 35.5. The van der Waals surface area contributed by atoms with Crippen LogP contribution in [-0.2, 0) is 16.0 Å². The molecule has 20 heavy (non-hydrogen) atoms. The maximum Gasteiger partial charge on any atom is 0.224 e. The second-order valence-corrected chi connectivity index (χ2v) is 4.90. The van der Waals surface area contributed by atoms with Gasteiger partial charge < -0.3 is 15.0 Å². The zero-order valence-electron chi connectivity index (χ0n) is 11.6. The number of nitrogens with one attached hydrogen (secondary N) is 1. The summed E-state index contributed by atoms with van der Waals surface area (Å²) in [6.45, 7) is 5.11. The average molecular weight is 299 g/mol. The van der Waals surface area contributed by atoms with E-state index < -0.39 is 0 Å². The molecule has 0 aliphatic carbocycles. The van der Waals surface area contributed by atoms with Crippen molar-refractivity contribution in [3.8, 4) is 0 Å². The molecule has 6 nitrogen and oxygen atoms in total. The van der Waals surface area contributed by atoms with Crippen molar-refractivity contribution in [2.45, 2.75) is 19.8 Å². The highest BCUT2D eigenvalue weighted by Crippen LogP contribution is 2.12. The Labute approximate surface area is 123 Å². The summed E-state index contributed by atoms with van der Waals surface area (Å²) in [4.78, 5) is 22.2. The molecule has 1 saturated heterocycles. The molecule has 0 atom stereocenters. The van der Waals surface area contributed by atoms with E-state index in [2.05, 4.69) is 15.3 Å². The molecule has 1 aromatic heterocycles. The summed E-state index contributed by atoms with van der Waals surface area (Å²) in [5.41, 5.74) is 0. The number of amides is 1. The van der Waals surface area contributed by atoms with Crippen molar-refractivity contribution in [2.75, 3.05) is 38.2 Å². The number of aromatic nitrogens is 2. The first-order chi connectivity index (χ1) is 9.69. The third kappa shape index (κ3) is 4.31. The van der Waals surface area contributed by atoms with Crippen molar-refractivity contribution in [3.63, 3.8) is 0 Å². The zero-order valence-corrected chi connectivity index (χ0v) is 12.3. The third-order valence-corrected chi connectivity index (χ3v) is 3.26. The zero-order chi connectivity index (χ0) is 14.4. The van der Waals surface area contributed by atoms with E-state index in [1.807, 2.05) is 11.8 Å². The molecule has 0 aromatic carbocycles. The fourth-order valence-corrected chi connectivity index (χ4v) is 2.18. The van der Waals surface area contributed by atoms with Gasteiger partial charge in [0, 0.05) is 38.5 Å². The molecule has 0 bridgehead atoms. The smallest absolute Gasteiger partial charge is 0.224 e. The van der Waals surface area contributed by atoms with Gasteiger partial charge in [0.25, 0.3) is 0 Å². The topological polar surface area (TPSA) is 67.4 Å². The molecule has 1 aromatic rings. The number of anilines is 1. The van der Waals surface area contributed by atoms with Crippen molar-refractivity contribution in [1.82, 2.24) is 14.9 Å². The number of ether oxygens (including phenoxy) is 1. The van der Waals surface area contributed by atoms with Gasteiger partial charge in [0.1, 0.15) is 16.8 Å². The van der Waals surface area contributed by atoms with E-state index in [0.717, 1.165) is 6.42 Å². The number of rotatable bonds is 5. The first kappa shape index (κ1) is 15.0. The summed E-state index contributed by atoms with van der Waals surface area (Å²) < 4.78 is 5.22. The van der Waals surface area contributed by atoms with Gasteiger partial charge in [-0.25, -0.2) is 9.97 Å². The standard InChI is InChI=1S/C13H19ClN4O2/c1-2-11-16-10(14)9-12(17-11)15-4-3-13(19)18-5-7-20-8-6-18/h9H,2-8H2,1H3,(H,15,16,17). The number of hydrogen-bond donors (Lipinski definition) is 1. The van der Waals surface area contributed by atoms with E-state index in [-0.39, 0.29) is 5.91 Å². The summed E-state index contributed by atoms with van der Waals surface area (Å²) in [5, 5.41) is 3.53. The molecule has 1 amide bonds. The summed E-state index contributed by atoms with van der Waals surface area (Å²) in [6, 6.07) is 1.67. The van der Waals surface area contributed by atoms with Crippen LogP contribution in [0.15, 0.2) is 6.07 Å². The highest BCUT2D eigenvalue weighted by Gasteiger charge is 2.16. The van der Waals surface area contributed by atoms with Crippen LogP contribution in [0, 0.1) is 0 Å². The van der Waals surface area contributed by atoms with Crippen molar-refractivity contribution < 1.29 is 9.53 Å². The summed E-state index contributed by atoms with van der Waals surface area (Å²) in [5.74, 6) is 1.49. The second kappa shape index (κ2) is 7.40. The molecule has 0 saturated carbocycles. The first-order valence-electron chi connectivity index (χ1n) is 6.82. The minimum Gasteiger partial charge on any atom is -0.378 e. The van der Waals surface area contributed by atoms with Crippen molar-refractivity contribution in [3.05, 3.63) is 17.0 Å². The van der Waals surface area contributed by atoms with Gasteiger partial charge in [0.05, 0.1) is 13.2 Å². The molecule has 1 fully saturated rings. The van der Waals surface area contributed by atoms with Crippen LogP contribution in [0.2, 0.25) is 5.15 Å². The van der Waals surface area contributed by atoms with Gasteiger partial charge in [-0.05, 0) is 0 Å². The Balaban J connectivity index is 1.80. The Hall–Kier alpha value is -1.40. The number of aryl methyl sites for hydroxylation is 1. The van der Waals surface area contributed by atoms with Crippen molar-refractivity contribution >= 4 is 23.3 Å². The maximum atomic E-state index is 11.9. The molecule has 0 radical (unpaired) electrons. The van der Waals surface area contributed by atoms with Gasteiger partial charge in [-0.3, -0.25) is 4.79 Å². The minimum atomic E-state index is 0.136. The Bertz CT molecular complexity index is 464. The molecule has 0 unspecified atom stereocenters. The predicted octanol–water partition coefficient (Wildman–Crippen LogP) is 1.35. The summed E-state index contributed by atoms with van der Waals surface area (Å²) in [6.07, 6.45) is 1.16. The number of carbonyl (C=O) groups excluding carboxylic acids is 1. The number of nitrogens with zero attached hydrogens (tertiary/aromatic N) is 3. The molecular weight excluding hydrogens is 280 g/mol. The van der Waals surface area contributed by atoms with Crippen molar-refractivity contribution in [2.24, 2.45) is 0 Å². The molecule has 1 N–H and O–H groups in total. The van der Waals surface area contributed by atoms with Crippen LogP contribution in [0.5, 0.6) is 0 Å². The van der Waals surface area contributed by atoms with Crippen molar-refractivity contribution in [1.29, 1.82) is 0 Å². The van der Waals surface area contributed by atoms with E-state index in [1.165, 1.54) is 0 Å². The molecule has 2 rings (SSSR count). The summed E-state index contributed by atoms with van der Waals surface area (Å²) in [7, 11) is 0. The largest absolute Gasteiger partial charge is 0.378 e. The molecule has 1 aliphatic rings. The fourth-order valence-electron chi connectivity index (χ4n) is 1.98. The summed E-state index contributed by atoms with van der Waals surface area (Å²) >= 11 is 5.91. The number of hydrogen-bond acceptors (Lipinski definition) is 5. The number of halogens is 1. The lowest BCUT2D eigenvalue weighted by Crippen LogP contribution is -2.41. The third-order valence-electron chi connectivity index (χ3n) is 3.07. The number of carbonyl (C=O) groups is 1. The van der Waals surface area contributed by atoms with Gasteiger partial charge in [-0.2, -0.15) is 0 Å². The normalized spacial score (nSPS) is 15.2. The van der Waals surface area contributed by atoms with Crippen LogP contribution < -0.4 is 5.32 Å². The minimum absolute atomic E-state index is 0.136. The lowest BCUT2D eigenvalue weighted by molar-refractivity contribution is -0.134. The van der Waals surface area contributed by atoms with Gasteiger partial charge in [-0.1, -0.05) is 18.5 Å². The van der Waals surface area contributed by atoms with Crippen LogP contribution in [0.4, 0.5) is 5.82 Å². The Morgan fingerprint density at radius 1 is 1.45 bits per heavy atom. The van der Waals surface area contributed by atoms with Gasteiger partial charge >= 0.3 is 0 Å². The highest BCUT2D eigenvalue weighted by molar-refractivity contribution is 6.29. The molecule has 2 heterocycles. The van der Waals surface area contributed by atoms with E-state index >= 15 is 0 Å². The Kier molecular flexibility index (Phi) is 5.55. The van der Waals surface area contributed by atoms with Crippen LogP contribution in [-0.4, -0.2) is 53.6 Å². The average Bonchev–Trinajstić information content (AvgIpc) is 2.47. The predicted molar refractivity (Wildman–Crippen MR) is 76.9 cm³/mol. The van der Waals surface area contributed by atoms with E-state index in [1.54, 1.807) is 6.07 Å². The lowest BCUT2D eigenvalue weighted by atomic mass is 10.3. The van der Waals surface area contributed by atoms with E-state index in [9.17, 15) is 4.79 Å². The SMILES string of the molecule is CCc1nc(Cl)cc(NCCC(=O)N2CCOCC2)n1. The monoisotopic (exact) mass is 298 g/mol. The Morgan fingerprint density at radius 3 is 2.90 bits per heavy atom. The molecule has 7 heteroatoms. The Morgan fingerprint density at radius 2 is 2.20 bits per heavy atom. The van der Waals surface area contributed by atoms with Crippen LogP contribution in [0.1, 0.15) is 19.2 Å². The number of morpholine rings is 1. The van der Waals surface area contributed by atoms with E-state index in [0.29, 0.717) is 56.1 Å². The van der Waals surface area contributed by atoms with E-state index in [4.69, 9.17) is 16.3 Å². The molecule has 0 spiro atoms. The van der Waals surface area contributed by atoms with Crippen LogP contribution in [0.3, 0.4) is 0 Å². The van der Waals surface area contributed by atoms with Gasteiger partial charge in [0.2, 0.25) is 5.91 Å². The van der Waals surface area contributed by atoms with Crippen LogP contribution in [0.25, 0.3) is 0 Å². The molecule has 110 valence electrons. The second-order valence-electron chi connectivity index (χ2n) is 4.52. The maximum absolute atomic E-state index is 11.9. The fraction of sp³-hybridized carbons (Fsp3) is 0.615. The van der Waals surface area contributed by atoms with Gasteiger partial charge in [0.15, 0.2) is 0 Å². The van der Waals surface area contributed by atoms with Gasteiger partial charge in [-0.15, -0.1) is 0 Å². The molecular formula is C13H19ClN4O2. The molecule has 1 aliphatic heterocycles. The van der Waals surface area contributed by atoms with Crippen LogP contribution >= 0.6 is 11.6 Å². The first-order valence-corrected chi connectivity index (χ1v) is 7.19. The lowest BCUT2D eigenvalue weighted by Gasteiger charge is -2.26.